The lowest BCUT2D eigenvalue weighted by atomic mass is 9.94. The van der Waals surface area contributed by atoms with Crippen LogP contribution in [0.1, 0.15) is 55.5 Å². The van der Waals surface area contributed by atoms with Crippen molar-refractivity contribution in [1.29, 1.82) is 0 Å². The molecule has 7 nitrogen and oxygen atoms in total. The molecular formula is C34H38N2O5. The first-order valence-corrected chi connectivity index (χ1v) is 14.5. The van der Waals surface area contributed by atoms with Gasteiger partial charge < -0.3 is 24.4 Å². The van der Waals surface area contributed by atoms with E-state index in [4.69, 9.17) is 9.47 Å². The van der Waals surface area contributed by atoms with Crippen molar-refractivity contribution in [2.24, 2.45) is 0 Å². The van der Waals surface area contributed by atoms with Crippen LogP contribution in [0, 0.1) is 0 Å². The number of nitrogens with zero attached hydrogens (tertiary/aromatic N) is 2. The number of carbonyl (C=O) groups is 2. The number of hydrogen-bond acceptors (Lipinski definition) is 6. The summed E-state index contributed by atoms with van der Waals surface area (Å²) in [6, 6.07) is 22.1. The average Bonchev–Trinajstić information content (AvgIpc) is 3.49. The predicted octanol–water partition coefficient (Wildman–Crippen LogP) is 5.74. The summed E-state index contributed by atoms with van der Waals surface area (Å²) in [5.74, 6) is -0.0205. The maximum Gasteiger partial charge on any atom is 0.295 e. The van der Waals surface area contributed by atoms with Crippen LogP contribution in [0.5, 0.6) is 11.5 Å². The van der Waals surface area contributed by atoms with E-state index in [0.29, 0.717) is 30.9 Å². The second-order valence-electron chi connectivity index (χ2n) is 10.7. The molecule has 2 aliphatic heterocycles. The van der Waals surface area contributed by atoms with E-state index in [1.165, 1.54) is 0 Å². The molecule has 1 N–H and O–H groups in total. The van der Waals surface area contributed by atoms with Crippen LogP contribution in [0.15, 0.2) is 78.4 Å². The van der Waals surface area contributed by atoms with Crippen molar-refractivity contribution in [3.05, 3.63) is 101 Å². The molecular weight excluding hydrogens is 516 g/mol. The minimum atomic E-state index is -0.726. The summed E-state index contributed by atoms with van der Waals surface area (Å²) in [5, 5.41) is 11.6. The van der Waals surface area contributed by atoms with Gasteiger partial charge in [-0.3, -0.25) is 9.59 Å². The summed E-state index contributed by atoms with van der Waals surface area (Å²) in [4.78, 5) is 30.9. The molecule has 2 aliphatic rings. The number of benzene rings is 3. The second kappa shape index (κ2) is 12.6. The lowest BCUT2D eigenvalue weighted by molar-refractivity contribution is -0.140. The number of fused-ring (bicyclic) bond motifs is 1. The molecule has 1 fully saturated rings. The molecule has 0 spiro atoms. The summed E-state index contributed by atoms with van der Waals surface area (Å²) in [5.41, 5.74) is 3.34. The number of carbonyl (C=O) groups excluding carboxylic acids is 2. The number of likely N-dealkylation sites (tertiary alicyclic amines) is 1. The van der Waals surface area contributed by atoms with Gasteiger partial charge in [0.05, 0.1) is 11.6 Å². The second-order valence-corrected chi connectivity index (χ2v) is 10.7. The van der Waals surface area contributed by atoms with Crippen molar-refractivity contribution in [3.8, 4) is 11.5 Å². The average molecular weight is 555 g/mol. The molecule has 1 amide bonds. The zero-order valence-electron chi connectivity index (χ0n) is 24.0. The van der Waals surface area contributed by atoms with E-state index in [-0.39, 0.29) is 17.4 Å². The Morgan fingerprint density at radius 2 is 1.80 bits per heavy atom. The monoisotopic (exact) mass is 554 g/mol. The fourth-order valence-corrected chi connectivity index (χ4v) is 5.70. The van der Waals surface area contributed by atoms with Crippen molar-refractivity contribution in [2.45, 2.75) is 52.4 Å². The Kier molecular flexibility index (Phi) is 8.74. The summed E-state index contributed by atoms with van der Waals surface area (Å²) in [6.07, 6.45) is 1.49. The number of hydrogen-bond donors (Lipinski definition) is 1. The zero-order valence-corrected chi connectivity index (χ0v) is 24.0. The van der Waals surface area contributed by atoms with E-state index in [1.54, 1.807) is 11.0 Å². The highest BCUT2D eigenvalue weighted by Gasteiger charge is 2.46. The third-order valence-electron chi connectivity index (χ3n) is 7.90. The van der Waals surface area contributed by atoms with Gasteiger partial charge in [-0.15, -0.1) is 0 Å². The number of ketones is 1. The Bertz CT molecular complexity index is 1430. The Morgan fingerprint density at radius 3 is 2.56 bits per heavy atom. The highest BCUT2D eigenvalue weighted by Crippen LogP contribution is 2.41. The van der Waals surface area contributed by atoms with E-state index in [9.17, 15) is 14.7 Å². The molecule has 2 heterocycles. The van der Waals surface area contributed by atoms with Gasteiger partial charge in [0.25, 0.3) is 11.7 Å². The highest BCUT2D eigenvalue weighted by atomic mass is 16.5. The molecule has 41 heavy (non-hydrogen) atoms. The van der Waals surface area contributed by atoms with Gasteiger partial charge in [0.1, 0.15) is 30.0 Å². The first-order valence-electron chi connectivity index (χ1n) is 14.5. The van der Waals surface area contributed by atoms with Crippen molar-refractivity contribution in [2.75, 3.05) is 26.2 Å². The maximum atomic E-state index is 13.5. The zero-order chi connectivity index (χ0) is 28.9. The molecule has 0 radical (unpaired) electrons. The SMILES string of the molecule is CCN(CC)CCCN1C(=O)C(=O)/C(=C(/O)c2ccc3c(c2)C[C@@H](C)O3)[C@@H]1c1cccc(OCc2ccccc2)c1. The fourth-order valence-electron chi connectivity index (χ4n) is 5.70. The molecule has 3 aromatic rings. The van der Waals surface area contributed by atoms with Gasteiger partial charge in [0.15, 0.2) is 0 Å². The lowest BCUT2D eigenvalue weighted by Gasteiger charge is -2.27. The number of ether oxygens (including phenoxy) is 2. The molecule has 0 aliphatic carbocycles. The van der Waals surface area contributed by atoms with Gasteiger partial charge in [0.2, 0.25) is 0 Å². The summed E-state index contributed by atoms with van der Waals surface area (Å²) in [6.45, 7) is 9.65. The van der Waals surface area contributed by atoms with Crippen LogP contribution in [-0.4, -0.2) is 58.9 Å². The van der Waals surface area contributed by atoms with Crippen LogP contribution in [0.3, 0.4) is 0 Å². The number of rotatable bonds is 11. The van der Waals surface area contributed by atoms with E-state index in [0.717, 1.165) is 48.5 Å². The molecule has 7 heteroatoms. The first-order chi connectivity index (χ1) is 19.9. The lowest BCUT2D eigenvalue weighted by Crippen LogP contribution is -2.33. The standard InChI is InChI=1S/C34H38N2O5/c1-4-35(5-2)17-10-18-36-31(25-13-9-14-28(21-25)40-22-24-11-7-6-8-12-24)30(33(38)34(36)39)32(37)26-15-16-29-27(20-26)19-23(3)41-29/h6-9,11-16,20-21,23,31,37H,4-5,10,17-19,22H2,1-3H3/b32-30+/t23-,31+/m1/s1. The summed E-state index contributed by atoms with van der Waals surface area (Å²) < 4.78 is 11.9. The van der Waals surface area contributed by atoms with Crippen molar-refractivity contribution in [1.82, 2.24) is 9.80 Å². The third-order valence-corrected chi connectivity index (χ3v) is 7.90. The molecule has 3 aromatic carbocycles. The minimum absolute atomic E-state index is 0.0532. The third kappa shape index (κ3) is 6.15. The molecule has 214 valence electrons. The number of amides is 1. The maximum absolute atomic E-state index is 13.5. The first kappa shape index (κ1) is 28.4. The smallest absolute Gasteiger partial charge is 0.295 e. The molecule has 0 saturated carbocycles. The molecule has 0 aromatic heterocycles. The molecule has 5 rings (SSSR count). The van der Waals surface area contributed by atoms with Crippen LogP contribution in [0.2, 0.25) is 0 Å². The van der Waals surface area contributed by atoms with Gasteiger partial charge in [0, 0.05) is 18.5 Å². The minimum Gasteiger partial charge on any atom is -0.507 e. The quantitative estimate of drug-likeness (QED) is 0.185. The van der Waals surface area contributed by atoms with Gasteiger partial charge in [-0.25, -0.2) is 0 Å². The highest BCUT2D eigenvalue weighted by molar-refractivity contribution is 6.46. The van der Waals surface area contributed by atoms with Gasteiger partial charge in [-0.1, -0.05) is 56.3 Å². The Morgan fingerprint density at radius 1 is 1.02 bits per heavy atom. The van der Waals surface area contributed by atoms with E-state index in [2.05, 4.69) is 18.7 Å². The van der Waals surface area contributed by atoms with Gasteiger partial charge in [-0.2, -0.15) is 0 Å². The van der Waals surface area contributed by atoms with Crippen LogP contribution >= 0.6 is 0 Å². The van der Waals surface area contributed by atoms with Gasteiger partial charge >= 0.3 is 0 Å². The van der Waals surface area contributed by atoms with Crippen LogP contribution in [-0.2, 0) is 22.6 Å². The predicted molar refractivity (Wildman–Crippen MR) is 159 cm³/mol. The molecule has 2 atom stereocenters. The Labute approximate surface area is 242 Å². The van der Waals surface area contributed by atoms with Crippen LogP contribution in [0.4, 0.5) is 0 Å². The normalized spacial score (nSPS) is 19.5. The van der Waals surface area contributed by atoms with Crippen LogP contribution < -0.4 is 9.47 Å². The topological polar surface area (TPSA) is 79.3 Å². The van der Waals surface area contributed by atoms with E-state index < -0.39 is 17.7 Å². The molecule has 1 saturated heterocycles. The molecule has 0 unspecified atom stereocenters. The number of aliphatic hydroxyl groups is 1. The van der Waals surface area contributed by atoms with Crippen molar-refractivity contribution in [3.63, 3.8) is 0 Å². The number of Topliss-reactive ketones (excluding diaryl/α,β-unsaturated/α-hetero) is 1. The fraction of sp³-hybridized carbons (Fsp3) is 0.353. The van der Waals surface area contributed by atoms with Gasteiger partial charge in [-0.05, 0) is 80.0 Å². The van der Waals surface area contributed by atoms with Crippen LogP contribution in [0.25, 0.3) is 5.76 Å². The number of aliphatic hydroxyl groups excluding tert-OH is 1. The molecule has 0 bridgehead atoms. The summed E-state index contributed by atoms with van der Waals surface area (Å²) in [7, 11) is 0. The summed E-state index contributed by atoms with van der Waals surface area (Å²) >= 11 is 0. The van der Waals surface area contributed by atoms with E-state index in [1.807, 2.05) is 73.7 Å². The Balaban J connectivity index is 1.50. The largest absolute Gasteiger partial charge is 0.507 e. The van der Waals surface area contributed by atoms with Crippen molar-refractivity contribution >= 4 is 17.4 Å². The Hall–Kier alpha value is -4.10. The van der Waals surface area contributed by atoms with Crippen molar-refractivity contribution < 1.29 is 24.2 Å². The van der Waals surface area contributed by atoms with E-state index >= 15 is 0 Å².